The molecule has 1 aromatic rings. The molecule has 0 radical (unpaired) electrons. The van der Waals surface area contributed by atoms with Crippen molar-refractivity contribution in [3.05, 3.63) is 28.8 Å². The number of ether oxygens (including phenoxy) is 1. The van der Waals surface area contributed by atoms with Crippen molar-refractivity contribution in [2.24, 2.45) is 0 Å². The molecular weight excluding hydrogens is 271 g/mol. The van der Waals surface area contributed by atoms with Crippen LogP contribution in [0.4, 0.5) is 23.7 Å². The van der Waals surface area contributed by atoms with Gasteiger partial charge in [-0.05, 0) is 32.0 Å². The molecule has 0 spiro atoms. The Morgan fingerprint density at radius 3 is 2.44 bits per heavy atom. The minimum Gasteiger partial charge on any atom is -0.447 e. The van der Waals surface area contributed by atoms with E-state index >= 15 is 0 Å². The van der Waals surface area contributed by atoms with Crippen LogP contribution in [0.5, 0.6) is 0 Å². The van der Waals surface area contributed by atoms with E-state index in [0.29, 0.717) is 0 Å². The zero-order valence-electron chi connectivity index (χ0n) is 9.64. The Labute approximate surface area is 107 Å². The number of rotatable bonds is 2. The predicted molar refractivity (Wildman–Crippen MR) is 61.7 cm³/mol. The first-order chi connectivity index (χ1) is 8.18. The highest BCUT2D eigenvalue weighted by atomic mass is 35.5. The standard InChI is InChI=1S/C11H11ClF3NO2/c1-6(2)18-10(17)16-9-4-7(11(13,14)15)3-8(12)5-9/h3-6H,1-2H3,(H,16,17). The lowest BCUT2D eigenvalue weighted by atomic mass is 10.2. The second-order valence-electron chi connectivity index (χ2n) is 3.81. The van der Waals surface area contributed by atoms with Crippen LogP contribution in [-0.4, -0.2) is 12.2 Å². The maximum Gasteiger partial charge on any atom is 0.416 e. The van der Waals surface area contributed by atoms with Crippen molar-refractivity contribution >= 4 is 23.4 Å². The van der Waals surface area contributed by atoms with Gasteiger partial charge in [-0.1, -0.05) is 11.6 Å². The molecule has 0 bridgehead atoms. The normalized spacial score (nSPS) is 11.5. The van der Waals surface area contributed by atoms with Crippen molar-refractivity contribution in [1.82, 2.24) is 0 Å². The van der Waals surface area contributed by atoms with E-state index in [1.165, 1.54) is 6.07 Å². The molecule has 100 valence electrons. The molecule has 18 heavy (non-hydrogen) atoms. The van der Waals surface area contributed by atoms with Gasteiger partial charge in [0.1, 0.15) is 0 Å². The van der Waals surface area contributed by atoms with Gasteiger partial charge in [0.05, 0.1) is 11.7 Å². The fourth-order valence-electron chi connectivity index (χ4n) is 1.19. The highest BCUT2D eigenvalue weighted by Crippen LogP contribution is 2.33. The lowest BCUT2D eigenvalue weighted by molar-refractivity contribution is -0.137. The van der Waals surface area contributed by atoms with Gasteiger partial charge in [-0.15, -0.1) is 0 Å². The van der Waals surface area contributed by atoms with Crippen molar-refractivity contribution in [1.29, 1.82) is 0 Å². The number of benzene rings is 1. The molecule has 0 heterocycles. The van der Waals surface area contributed by atoms with Gasteiger partial charge < -0.3 is 4.74 Å². The molecule has 1 aromatic carbocycles. The molecule has 0 unspecified atom stereocenters. The van der Waals surface area contributed by atoms with E-state index in [9.17, 15) is 18.0 Å². The average Bonchev–Trinajstić information content (AvgIpc) is 2.13. The molecular formula is C11H11ClF3NO2. The Balaban J connectivity index is 2.90. The van der Waals surface area contributed by atoms with Gasteiger partial charge in [-0.25, -0.2) is 4.79 Å². The van der Waals surface area contributed by atoms with Gasteiger partial charge in [-0.3, -0.25) is 5.32 Å². The third-order valence-electron chi connectivity index (χ3n) is 1.81. The SMILES string of the molecule is CC(C)OC(=O)Nc1cc(Cl)cc(C(F)(F)F)c1. The number of anilines is 1. The fraction of sp³-hybridized carbons (Fsp3) is 0.364. The topological polar surface area (TPSA) is 38.3 Å². The lowest BCUT2D eigenvalue weighted by Crippen LogP contribution is -2.18. The molecule has 0 saturated heterocycles. The number of carbonyl (C=O) groups excluding carboxylic acids is 1. The molecule has 1 rings (SSSR count). The number of hydrogen-bond acceptors (Lipinski definition) is 2. The van der Waals surface area contributed by atoms with Gasteiger partial charge in [-0.2, -0.15) is 13.2 Å². The molecule has 0 aliphatic carbocycles. The minimum atomic E-state index is -4.52. The van der Waals surface area contributed by atoms with E-state index < -0.39 is 17.8 Å². The summed E-state index contributed by atoms with van der Waals surface area (Å²) in [6, 6.07) is 2.77. The zero-order valence-corrected chi connectivity index (χ0v) is 10.4. The summed E-state index contributed by atoms with van der Waals surface area (Å²) in [6.45, 7) is 3.25. The van der Waals surface area contributed by atoms with Gasteiger partial charge in [0.15, 0.2) is 0 Å². The second-order valence-corrected chi connectivity index (χ2v) is 4.24. The van der Waals surface area contributed by atoms with E-state index in [0.717, 1.165) is 12.1 Å². The summed E-state index contributed by atoms with van der Waals surface area (Å²) in [5.41, 5.74) is -1.00. The summed E-state index contributed by atoms with van der Waals surface area (Å²) in [6.07, 6.45) is -5.73. The summed E-state index contributed by atoms with van der Waals surface area (Å²) < 4.78 is 42.2. The molecule has 0 aromatic heterocycles. The predicted octanol–water partition coefficient (Wildman–Crippen LogP) is 4.32. The van der Waals surface area contributed by atoms with Gasteiger partial charge >= 0.3 is 12.3 Å². The number of alkyl halides is 3. The Hall–Kier alpha value is -1.43. The van der Waals surface area contributed by atoms with Crippen LogP contribution in [-0.2, 0) is 10.9 Å². The lowest BCUT2D eigenvalue weighted by Gasteiger charge is -2.12. The monoisotopic (exact) mass is 281 g/mol. The molecule has 3 nitrogen and oxygen atoms in total. The largest absolute Gasteiger partial charge is 0.447 e. The van der Waals surface area contributed by atoms with Crippen LogP contribution in [0, 0.1) is 0 Å². The van der Waals surface area contributed by atoms with Gasteiger partial charge in [0, 0.05) is 10.7 Å². The van der Waals surface area contributed by atoms with Crippen molar-refractivity contribution in [3.8, 4) is 0 Å². The van der Waals surface area contributed by atoms with Crippen LogP contribution in [0.1, 0.15) is 19.4 Å². The summed E-state index contributed by atoms with van der Waals surface area (Å²) >= 11 is 5.55. The number of carbonyl (C=O) groups is 1. The summed E-state index contributed by atoms with van der Waals surface area (Å²) in [5.74, 6) is 0. The van der Waals surface area contributed by atoms with Crippen molar-refractivity contribution in [2.45, 2.75) is 26.1 Å². The molecule has 1 N–H and O–H groups in total. The zero-order chi connectivity index (χ0) is 13.9. The Morgan fingerprint density at radius 2 is 1.94 bits per heavy atom. The first-order valence-corrected chi connectivity index (χ1v) is 5.41. The third-order valence-corrected chi connectivity index (χ3v) is 2.03. The number of amides is 1. The van der Waals surface area contributed by atoms with Crippen molar-refractivity contribution < 1.29 is 22.7 Å². The van der Waals surface area contributed by atoms with Gasteiger partial charge in [0.25, 0.3) is 0 Å². The van der Waals surface area contributed by atoms with Crippen molar-refractivity contribution in [2.75, 3.05) is 5.32 Å². The van der Waals surface area contributed by atoms with Crippen LogP contribution in [0.3, 0.4) is 0 Å². The quantitative estimate of drug-likeness (QED) is 0.877. The van der Waals surface area contributed by atoms with Crippen molar-refractivity contribution in [3.63, 3.8) is 0 Å². The van der Waals surface area contributed by atoms with Crippen LogP contribution < -0.4 is 5.32 Å². The molecule has 0 fully saturated rings. The Kier molecular flexibility index (Phi) is 4.45. The van der Waals surface area contributed by atoms with E-state index in [2.05, 4.69) is 5.32 Å². The first-order valence-electron chi connectivity index (χ1n) is 5.04. The Morgan fingerprint density at radius 1 is 1.33 bits per heavy atom. The fourth-order valence-corrected chi connectivity index (χ4v) is 1.42. The summed E-state index contributed by atoms with van der Waals surface area (Å²) in [4.78, 5) is 11.2. The highest BCUT2D eigenvalue weighted by Gasteiger charge is 2.31. The third kappa shape index (κ3) is 4.44. The smallest absolute Gasteiger partial charge is 0.416 e. The first kappa shape index (κ1) is 14.6. The summed E-state index contributed by atoms with van der Waals surface area (Å²) in [7, 11) is 0. The molecule has 0 aliphatic heterocycles. The molecule has 7 heteroatoms. The van der Waals surface area contributed by atoms with E-state index in [-0.39, 0.29) is 16.8 Å². The van der Waals surface area contributed by atoms with Crippen LogP contribution in [0.25, 0.3) is 0 Å². The number of nitrogens with one attached hydrogen (secondary N) is 1. The molecule has 0 aliphatic rings. The second kappa shape index (κ2) is 5.48. The van der Waals surface area contributed by atoms with E-state index in [4.69, 9.17) is 16.3 Å². The number of hydrogen-bond donors (Lipinski definition) is 1. The molecule has 1 amide bonds. The maximum absolute atomic E-state index is 12.5. The molecule has 0 saturated carbocycles. The van der Waals surface area contributed by atoms with Gasteiger partial charge in [0.2, 0.25) is 0 Å². The summed E-state index contributed by atoms with van der Waals surface area (Å²) in [5, 5.41) is 2.06. The van der Waals surface area contributed by atoms with E-state index in [1.54, 1.807) is 13.8 Å². The highest BCUT2D eigenvalue weighted by molar-refractivity contribution is 6.31. The molecule has 0 atom stereocenters. The maximum atomic E-state index is 12.5. The van der Waals surface area contributed by atoms with E-state index in [1.807, 2.05) is 0 Å². The average molecular weight is 282 g/mol. The minimum absolute atomic E-state index is 0.0690. The van der Waals surface area contributed by atoms with Crippen LogP contribution in [0.2, 0.25) is 5.02 Å². The Bertz CT molecular complexity index is 446. The van der Waals surface area contributed by atoms with Crippen LogP contribution in [0.15, 0.2) is 18.2 Å². The number of halogens is 4. The van der Waals surface area contributed by atoms with Crippen LogP contribution >= 0.6 is 11.6 Å².